The molecule has 1 fully saturated rings. The van der Waals surface area contributed by atoms with Crippen LogP contribution in [0.15, 0.2) is 42.5 Å². The number of rotatable bonds is 5. The predicted octanol–water partition coefficient (Wildman–Crippen LogP) is 2.87. The second kappa shape index (κ2) is 8.73. The Kier molecular flexibility index (Phi) is 6.13. The van der Waals surface area contributed by atoms with Gasteiger partial charge in [0.25, 0.3) is 0 Å². The maximum absolute atomic E-state index is 13.9. The van der Waals surface area contributed by atoms with Crippen LogP contribution in [0.25, 0.3) is 0 Å². The van der Waals surface area contributed by atoms with Gasteiger partial charge in [0.15, 0.2) is 11.5 Å². The number of anilines is 1. The number of nitrogens with one attached hydrogen (secondary N) is 1. The minimum absolute atomic E-state index is 0.178. The van der Waals surface area contributed by atoms with Crippen LogP contribution in [-0.4, -0.2) is 51.3 Å². The van der Waals surface area contributed by atoms with Crippen molar-refractivity contribution < 1.29 is 18.7 Å². The summed E-state index contributed by atoms with van der Waals surface area (Å²) in [6.07, 6.45) is -0.537. The Morgan fingerprint density at radius 2 is 1.85 bits per heavy atom. The molecule has 3 rings (SSSR count). The first-order valence-corrected chi connectivity index (χ1v) is 8.89. The van der Waals surface area contributed by atoms with Crippen molar-refractivity contribution in [2.75, 3.05) is 45.2 Å². The van der Waals surface area contributed by atoms with E-state index in [1.54, 1.807) is 19.2 Å². The average molecular weight is 373 g/mol. The average Bonchev–Trinajstić information content (AvgIpc) is 2.70. The van der Waals surface area contributed by atoms with Gasteiger partial charge in [0.1, 0.15) is 5.82 Å². The Labute approximate surface area is 158 Å². The van der Waals surface area contributed by atoms with Gasteiger partial charge in [0, 0.05) is 39.8 Å². The Balaban J connectivity index is 1.60. The van der Waals surface area contributed by atoms with E-state index in [4.69, 9.17) is 9.47 Å². The fourth-order valence-corrected chi connectivity index (χ4v) is 3.16. The second-order valence-electron chi connectivity index (χ2n) is 6.34. The number of piperazine rings is 1. The molecule has 27 heavy (non-hydrogen) atoms. The highest BCUT2D eigenvalue weighted by molar-refractivity contribution is 5.71. The van der Waals surface area contributed by atoms with E-state index >= 15 is 0 Å². The van der Waals surface area contributed by atoms with Gasteiger partial charge in [0.05, 0.1) is 12.8 Å². The van der Waals surface area contributed by atoms with Crippen LogP contribution in [0.4, 0.5) is 14.9 Å². The fourth-order valence-electron chi connectivity index (χ4n) is 3.16. The number of methoxy groups -OCH3 is 1. The zero-order valence-corrected chi connectivity index (χ0v) is 15.6. The SMILES string of the molecule is CNC(=O)Oc1ccc(CN2CCN(c3ccccc3F)CC2)cc1OC. The number of halogens is 1. The largest absolute Gasteiger partial charge is 0.493 e. The molecule has 7 heteroatoms. The first-order valence-electron chi connectivity index (χ1n) is 8.89. The van der Waals surface area contributed by atoms with Crippen LogP contribution in [-0.2, 0) is 6.54 Å². The molecule has 144 valence electrons. The maximum Gasteiger partial charge on any atom is 0.412 e. The third-order valence-corrected chi connectivity index (χ3v) is 4.61. The van der Waals surface area contributed by atoms with Crippen molar-refractivity contribution in [2.24, 2.45) is 0 Å². The molecule has 1 aliphatic rings. The smallest absolute Gasteiger partial charge is 0.412 e. The number of nitrogens with zero attached hydrogens (tertiary/aromatic N) is 2. The van der Waals surface area contributed by atoms with Crippen molar-refractivity contribution >= 4 is 11.8 Å². The van der Waals surface area contributed by atoms with E-state index in [1.807, 2.05) is 24.3 Å². The summed E-state index contributed by atoms with van der Waals surface area (Å²) in [5, 5.41) is 2.41. The number of hydrogen-bond acceptors (Lipinski definition) is 5. The number of hydrogen-bond donors (Lipinski definition) is 1. The summed E-state index contributed by atoms with van der Waals surface area (Å²) in [4.78, 5) is 15.8. The number of ether oxygens (including phenoxy) is 2. The zero-order valence-electron chi connectivity index (χ0n) is 15.6. The quantitative estimate of drug-likeness (QED) is 0.874. The molecule has 0 atom stereocenters. The number of amides is 1. The van der Waals surface area contributed by atoms with Crippen LogP contribution in [0.3, 0.4) is 0 Å². The maximum atomic E-state index is 13.9. The summed E-state index contributed by atoms with van der Waals surface area (Å²) in [5.41, 5.74) is 1.73. The molecule has 1 amide bonds. The molecule has 1 aliphatic heterocycles. The number of carbonyl (C=O) groups is 1. The van der Waals surface area contributed by atoms with Crippen LogP contribution < -0.4 is 19.7 Å². The minimum atomic E-state index is -0.537. The van der Waals surface area contributed by atoms with E-state index in [1.165, 1.54) is 13.1 Å². The third-order valence-electron chi connectivity index (χ3n) is 4.61. The summed E-state index contributed by atoms with van der Waals surface area (Å²) in [7, 11) is 3.05. The van der Waals surface area contributed by atoms with E-state index in [0.29, 0.717) is 17.2 Å². The van der Waals surface area contributed by atoms with Crippen molar-refractivity contribution in [3.05, 3.63) is 53.8 Å². The molecule has 0 saturated carbocycles. The normalized spacial score (nSPS) is 14.7. The Morgan fingerprint density at radius 1 is 1.11 bits per heavy atom. The van der Waals surface area contributed by atoms with Crippen LogP contribution in [0.2, 0.25) is 0 Å². The van der Waals surface area contributed by atoms with Crippen LogP contribution in [0.5, 0.6) is 11.5 Å². The molecule has 6 nitrogen and oxygen atoms in total. The van der Waals surface area contributed by atoms with Crippen molar-refractivity contribution in [3.8, 4) is 11.5 Å². The van der Waals surface area contributed by atoms with Gasteiger partial charge < -0.3 is 19.7 Å². The molecule has 2 aromatic rings. The molecule has 1 N–H and O–H groups in total. The molecular weight excluding hydrogens is 349 g/mol. The van der Waals surface area contributed by atoms with Gasteiger partial charge in [-0.1, -0.05) is 18.2 Å². The first kappa shape index (κ1) is 19.0. The molecule has 2 aromatic carbocycles. The second-order valence-corrected chi connectivity index (χ2v) is 6.34. The van der Waals surface area contributed by atoms with Gasteiger partial charge in [-0.2, -0.15) is 0 Å². The molecule has 0 radical (unpaired) electrons. The summed E-state index contributed by atoms with van der Waals surface area (Å²) in [6, 6.07) is 12.4. The highest BCUT2D eigenvalue weighted by atomic mass is 19.1. The highest BCUT2D eigenvalue weighted by Crippen LogP contribution is 2.29. The van der Waals surface area contributed by atoms with E-state index < -0.39 is 6.09 Å². The standard InChI is InChI=1S/C20H24FN3O3/c1-22-20(25)27-18-8-7-15(13-19(18)26-2)14-23-9-11-24(12-10-23)17-6-4-3-5-16(17)21/h3-8,13H,9-12,14H2,1-2H3,(H,22,25). The number of carbonyl (C=O) groups excluding carboxylic acids is 1. The highest BCUT2D eigenvalue weighted by Gasteiger charge is 2.20. The summed E-state index contributed by atoms with van der Waals surface area (Å²) in [6.45, 7) is 3.98. The topological polar surface area (TPSA) is 54.0 Å². The van der Waals surface area contributed by atoms with Crippen molar-refractivity contribution in [1.82, 2.24) is 10.2 Å². The zero-order chi connectivity index (χ0) is 19.2. The van der Waals surface area contributed by atoms with E-state index in [0.717, 1.165) is 38.3 Å². The lowest BCUT2D eigenvalue weighted by molar-refractivity contribution is 0.200. The van der Waals surface area contributed by atoms with Crippen molar-refractivity contribution in [1.29, 1.82) is 0 Å². The number of para-hydroxylation sites is 1. The van der Waals surface area contributed by atoms with Gasteiger partial charge in [0.2, 0.25) is 0 Å². The minimum Gasteiger partial charge on any atom is -0.493 e. The molecule has 0 aromatic heterocycles. The molecule has 1 saturated heterocycles. The number of benzene rings is 2. The molecule has 0 spiro atoms. The van der Waals surface area contributed by atoms with Gasteiger partial charge in [-0.15, -0.1) is 0 Å². The predicted molar refractivity (Wildman–Crippen MR) is 102 cm³/mol. The summed E-state index contributed by atoms with van der Waals surface area (Å²) in [5.74, 6) is 0.716. The lowest BCUT2D eigenvalue weighted by Crippen LogP contribution is -2.46. The summed E-state index contributed by atoms with van der Waals surface area (Å²) < 4.78 is 24.5. The molecule has 0 bridgehead atoms. The molecule has 0 unspecified atom stereocenters. The molecular formula is C20H24FN3O3. The Morgan fingerprint density at radius 3 is 2.52 bits per heavy atom. The fraction of sp³-hybridized carbons (Fsp3) is 0.350. The Bertz CT molecular complexity index is 792. The monoisotopic (exact) mass is 373 g/mol. The van der Waals surface area contributed by atoms with E-state index in [9.17, 15) is 9.18 Å². The van der Waals surface area contributed by atoms with Gasteiger partial charge in [-0.05, 0) is 29.8 Å². The van der Waals surface area contributed by atoms with Crippen molar-refractivity contribution in [3.63, 3.8) is 0 Å². The Hall–Kier alpha value is -2.80. The summed E-state index contributed by atoms with van der Waals surface area (Å²) >= 11 is 0. The van der Waals surface area contributed by atoms with Gasteiger partial charge >= 0.3 is 6.09 Å². The van der Waals surface area contributed by atoms with Crippen LogP contribution in [0.1, 0.15) is 5.56 Å². The lowest BCUT2D eigenvalue weighted by Gasteiger charge is -2.36. The van der Waals surface area contributed by atoms with E-state index in [-0.39, 0.29) is 5.82 Å². The van der Waals surface area contributed by atoms with Crippen molar-refractivity contribution in [2.45, 2.75) is 6.54 Å². The van der Waals surface area contributed by atoms with E-state index in [2.05, 4.69) is 15.1 Å². The van der Waals surface area contributed by atoms with Crippen LogP contribution in [0, 0.1) is 5.82 Å². The first-order chi connectivity index (χ1) is 13.1. The lowest BCUT2D eigenvalue weighted by atomic mass is 10.1. The van der Waals surface area contributed by atoms with Crippen LogP contribution >= 0.6 is 0 Å². The third kappa shape index (κ3) is 4.68. The van der Waals surface area contributed by atoms with Gasteiger partial charge in [-0.25, -0.2) is 9.18 Å². The molecule has 1 heterocycles. The molecule has 0 aliphatic carbocycles. The van der Waals surface area contributed by atoms with Gasteiger partial charge in [-0.3, -0.25) is 4.90 Å².